The summed E-state index contributed by atoms with van der Waals surface area (Å²) in [6.07, 6.45) is 7.33. The van der Waals surface area contributed by atoms with Crippen LogP contribution in [0.4, 0.5) is 0 Å². The van der Waals surface area contributed by atoms with Gasteiger partial charge in [0.2, 0.25) is 0 Å². The fourth-order valence-electron chi connectivity index (χ4n) is 4.19. The fourth-order valence-corrected chi connectivity index (χ4v) is 17.2. The SMILES string of the molecule is CCC[Si](CCC)(CCCN)O[Si](CCC)(CCC)CCCN. The molecule has 140 valence electrons. The van der Waals surface area contributed by atoms with Crippen LogP contribution in [0.5, 0.6) is 0 Å². The average molecular weight is 361 g/mol. The van der Waals surface area contributed by atoms with E-state index in [0.29, 0.717) is 0 Å². The molecular formula is C18H44N2OSi2. The minimum absolute atomic E-state index is 0.810. The van der Waals surface area contributed by atoms with Gasteiger partial charge in [0.15, 0.2) is 16.6 Å². The second-order valence-electron chi connectivity index (χ2n) is 7.25. The van der Waals surface area contributed by atoms with E-state index in [2.05, 4.69) is 27.7 Å². The molecular weight excluding hydrogens is 316 g/mol. The first-order valence-corrected chi connectivity index (χ1v) is 15.2. The highest BCUT2D eigenvalue weighted by Crippen LogP contribution is 2.37. The Hall–Kier alpha value is 0.314. The predicted molar refractivity (Wildman–Crippen MR) is 110 cm³/mol. The summed E-state index contributed by atoms with van der Waals surface area (Å²) in [4.78, 5) is 0. The molecule has 0 saturated carbocycles. The zero-order valence-corrected chi connectivity index (χ0v) is 18.5. The van der Waals surface area contributed by atoms with E-state index in [4.69, 9.17) is 15.6 Å². The third kappa shape index (κ3) is 8.82. The molecule has 0 aromatic heterocycles. The molecule has 0 rings (SSSR count). The lowest BCUT2D eigenvalue weighted by Crippen LogP contribution is -2.51. The number of nitrogens with two attached hydrogens (primary N) is 2. The van der Waals surface area contributed by atoms with E-state index in [9.17, 15) is 0 Å². The van der Waals surface area contributed by atoms with Crippen molar-refractivity contribution in [3.05, 3.63) is 0 Å². The van der Waals surface area contributed by atoms with E-state index < -0.39 is 16.6 Å². The Labute approximate surface area is 148 Å². The molecule has 0 aliphatic heterocycles. The van der Waals surface area contributed by atoms with Gasteiger partial charge in [-0.05, 0) is 62.2 Å². The molecule has 5 heteroatoms. The summed E-state index contributed by atoms with van der Waals surface area (Å²) in [7, 11) is -3.27. The molecule has 0 radical (unpaired) electrons. The highest BCUT2D eigenvalue weighted by molar-refractivity contribution is 6.87. The third-order valence-corrected chi connectivity index (χ3v) is 16.6. The lowest BCUT2D eigenvalue weighted by Gasteiger charge is -2.43. The lowest BCUT2D eigenvalue weighted by molar-refractivity contribution is 0.484. The molecule has 0 aromatic carbocycles. The Morgan fingerprint density at radius 2 is 0.870 bits per heavy atom. The lowest BCUT2D eigenvalue weighted by atomic mass is 10.5. The summed E-state index contributed by atoms with van der Waals surface area (Å²) in [5, 5.41) is 0. The van der Waals surface area contributed by atoms with Crippen LogP contribution in [0.3, 0.4) is 0 Å². The van der Waals surface area contributed by atoms with Crippen LogP contribution in [0.2, 0.25) is 36.3 Å². The molecule has 0 aliphatic carbocycles. The van der Waals surface area contributed by atoms with Gasteiger partial charge in [0.25, 0.3) is 0 Å². The highest BCUT2D eigenvalue weighted by Gasteiger charge is 2.42. The van der Waals surface area contributed by atoms with E-state index >= 15 is 0 Å². The zero-order chi connectivity index (χ0) is 17.6. The second-order valence-corrected chi connectivity index (χ2v) is 15.8. The maximum atomic E-state index is 7.36. The van der Waals surface area contributed by atoms with Crippen LogP contribution in [0, 0.1) is 0 Å². The minimum atomic E-state index is -1.64. The molecule has 0 atom stereocenters. The van der Waals surface area contributed by atoms with Crippen molar-refractivity contribution in [2.24, 2.45) is 11.5 Å². The van der Waals surface area contributed by atoms with Crippen LogP contribution in [0.1, 0.15) is 66.2 Å². The third-order valence-electron chi connectivity index (χ3n) is 4.93. The van der Waals surface area contributed by atoms with Crippen LogP contribution in [-0.4, -0.2) is 29.7 Å². The van der Waals surface area contributed by atoms with Crippen LogP contribution in [0.15, 0.2) is 0 Å². The quantitative estimate of drug-likeness (QED) is 0.370. The van der Waals surface area contributed by atoms with Gasteiger partial charge in [-0.1, -0.05) is 53.4 Å². The molecule has 0 heterocycles. The average Bonchev–Trinajstić information content (AvgIpc) is 2.52. The molecule has 0 aromatic rings. The normalized spacial score (nSPS) is 12.8. The number of hydrogen-bond donors (Lipinski definition) is 2. The number of hydrogen-bond acceptors (Lipinski definition) is 3. The maximum absolute atomic E-state index is 7.36. The molecule has 0 fully saturated rings. The van der Waals surface area contributed by atoms with Crippen LogP contribution < -0.4 is 11.5 Å². The standard InChI is InChI=1S/C18H44N2OSi2/c1-5-13-22(14-6-2,17-9-11-19)21-23(15-7-3,16-8-4)18-10-12-20/h5-20H2,1-4H3. The summed E-state index contributed by atoms with van der Waals surface area (Å²) in [6, 6.07) is 7.85. The second kappa shape index (κ2) is 13.6. The molecule has 0 unspecified atom stereocenters. The Morgan fingerprint density at radius 3 is 1.09 bits per heavy atom. The first-order chi connectivity index (χ1) is 11.1. The maximum Gasteiger partial charge on any atom is 0.179 e. The molecule has 0 amide bonds. The summed E-state index contributed by atoms with van der Waals surface area (Å²) < 4.78 is 7.36. The molecule has 0 bridgehead atoms. The Balaban J connectivity index is 5.39. The van der Waals surface area contributed by atoms with Crippen LogP contribution >= 0.6 is 0 Å². The van der Waals surface area contributed by atoms with Crippen molar-refractivity contribution < 1.29 is 4.12 Å². The van der Waals surface area contributed by atoms with E-state index in [1.165, 1.54) is 61.9 Å². The van der Waals surface area contributed by atoms with Crippen LogP contribution in [-0.2, 0) is 4.12 Å². The Morgan fingerprint density at radius 1 is 0.565 bits per heavy atom. The first-order valence-electron chi connectivity index (χ1n) is 10.2. The van der Waals surface area contributed by atoms with E-state index in [1.807, 2.05) is 0 Å². The summed E-state index contributed by atoms with van der Waals surface area (Å²) in [5.74, 6) is 0. The van der Waals surface area contributed by atoms with Crippen molar-refractivity contribution >= 4 is 16.6 Å². The molecule has 0 aliphatic rings. The van der Waals surface area contributed by atoms with Gasteiger partial charge in [0, 0.05) is 0 Å². The van der Waals surface area contributed by atoms with Crippen molar-refractivity contribution in [1.29, 1.82) is 0 Å². The van der Waals surface area contributed by atoms with Gasteiger partial charge in [-0.3, -0.25) is 0 Å². The molecule has 23 heavy (non-hydrogen) atoms. The van der Waals surface area contributed by atoms with E-state index in [-0.39, 0.29) is 0 Å². The van der Waals surface area contributed by atoms with Crippen molar-refractivity contribution in [2.45, 2.75) is 102 Å². The van der Waals surface area contributed by atoms with Gasteiger partial charge < -0.3 is 15.6 Å². The van der Waals surface area contributed by atoms with Gasteiger partial charge in [-0.15, -0.1) is 0 Å². The van der Waals surface area contributed by atoms with E-state index in [0.717, 1.165) is 25.9 Å². The molecule has 0 spiro atoms. The summed E-state index contributed by atoms with van der Waals surface area (Å²) >= 11 is 0. The van der Waals surface area contributed by atoms with E-state index in [1.54, 1.807) is 0 Å². The molecule has 3 nitrogen and oxygen atoms in total. The summed E-state index contributed by atoms with van der Waals surface area (Å²) in [5.41, 5.74) is 11.7. The van der Waals surface area contributed by atoms with Crippen molar-refractivity contribution in [2.75, 3.05) is 13.1 Å². The molecule has 0 saturated heterocycles. The first kappa shape index (κ1) is 23.3. The number of rotatable bonds is 16. The smallest absolute Gasteiger partial charge is 0.179 e. The highest BCUT2D eigenvalue weighted by atomic mass is 28.4. The minimum Gasteiger partial charge on any atom is -0.455 e. The fraction of sp³-hybridized carbons (Fsp3) is 1.00. The zero-order valence-electron chi connectivity index (χ0n) is 16.5. The van der Waals surface area contributed by atoms with Crippen molar-refractivity contribution in [3.8, 4) is 0 Å². The van der Waals surface area contributed by atoms with Gasteiger partial charge in [0.1, 0.15) is 0 Å². The topological polar surface area (TPSA) is 61.3 Å². The predicted octanol–water partition coefficient (Wildman–Crippen LogP) is 5.23. The molecule has 4 N–H and O–H groups in total. The summed E-state index contributed by atoms with van der Waals surface area (Å²) in [6.45, 7) is 10.9. The van der Waals surface area contributed by atoms with Gasteiger partial charge in [-0.2, -0.15) is 0 Å². The Kier molecular flexibility index (Phi) is 13.8. The van der Waals surface area contributed by atoms with Gasteiger partial charge in [0.05, 0.1) is 0 Å². The van der Waals surface area contributed by atoms with Gasteiger partial charge >= 0.3 is 0 Å². The van der Waals surface area contributed by atoms with Crippen LogP contribution in [0.25, 0.3) is 0 Å². The monoisotopic (exact) mass is 360 g/mol. The van der Waals surface area contributed by atoms with Crippen molar-refractivity contribution in [1.82, 2.24) is 0 Å². The van der Waals surface area contributed by atoms with Crippen molar-refractivity contribution in [3.63, 3.8) is 0 Å². The largest absolute Gasteiger partial charge is 0.455 e. The van der Waals surface area contributed by atoms with Gasteiger partial charge in [-0.25, -0.2) is 0 Å². The Bertz CT molecular complexity index is 240.